The molecular weight excluding hydrogens is 212 g/mol. The maximum atomic E-state index is 9.88. The summed E-state index contributed by atoms with van der Waals surface area (Å²) < 4.78 is 0. The third-order valence-electron chi connectivity index (χ3n) is 2.65. The lowest BCUT2D eigenvalue weighted by Crippen LogP contribution is -2.43. The molecule has 0 bridgehead atoms. The van der Waals surface area contributed by atoms with Gasteiger partial charge >= 0.3 is 0 Å². The summed E-state index contributed by atoms with van der Waals surface area (Å²) in [5.74, 6) is 0.198. The number of phenolic OH excluding ortho intramolecular Hbond substituents is 1. The number of benzene rings is 1. The number of phenols is 1. The largest absolute Gasteiger partial charge is 0.504 e. The van der Waals surface area contributed by atoms with Crippen LogP contribution in [0.3, 0.4) is 0 Å². The van der Waals surface area contributed by atoms with Crippen molar-refractivity contribution in [3.8, 4) is 5.75 Å². The standard InChI is InChI=1S/C11H15ClN2O/c1-8-6-9(12)11(15)10(7-8)14-4-2-13-3-5-14/h6-7,13,15H,2-5H2,1H3. The number of anilines is 1. The van der Waals surface area contributed by atoms with Gasteiger partial charge in [0.25, 0.3) is 0 Å². The molecule has 0 aromatic heterocycles. The normalized spacial score (nSPS) is 16.8. The number of halogens is 1. The Labute approximate surface area is 94.7 Å². The highest BCUT2D eigenvalue weighted by atomic mass is 35.5. The van der Waals surface area contributed by atoms with E-state index in [0.29, 0.717) is 5.02 Å². The molecule has 1 aromatic carbocycles. The van der Waals surface area contributed by atoms with Crippen LogP contribution in [-0.4, -0.2) is 31.3 Å². The lowest BCUT2D eigenvalue weighted by atomic mass is 10.1. The van der Waals surface area contributed by atoms with Crippen LogP contribution in [0.4, 0.5) is 5.69 Å². The Kier molecular flexibility index (Phi) is 3.03. The molecule has 0 spiro atoms. The molecule has 1 aliphatic rings. The number of hydrogen-bond acceptors (Lipinski definition) is 3. The van der Waals surface area contributed by atoms with Crippen molar-refractivity contribution in [3.05, 3.63) is 22.7 Å². The van der Waals surface area contributed by atoms with E-state index in [1.54, 1.807) is 6.07 Å². The summed E-state index contributed by atoms with van der Waals surface area (Å²) in [5, 5.41) is 13.6. The molecular formula is C11H15ClN2O. The second-order valence-electron chi connectivity index (χ2n) is 3.85. The summed E-state index contributed by atoms with van der Waals surface area (Å²) in [6.07, 6.45) is 0. The molecule has 0 radical (unpaired) electrons. The zero-order valence-electron chi connectivity index (χ0n) is 8.76. The fourth-order valence-corrected chi connectivity index (χ4v) is 2.13. The minimum absolute atomic E-state index is 0.198. The average Bonchev–Trinajstić information content (AvgIpc) is 2.24. The third-order valence-corrected chi connectivity index (χ3v) is 2.93. The number of hydrogen-bond donors (Lipinski definition) is 2. The molecule has 1 aromatic rings. The number of piperazine rings is 1. The number of aromatic hydroxyl groups is 1. The van der Waals surface area contributed by atoms with Crippen LogP contribution in [0.5, 0.6) is 5.75 Å². The van der Waals surface area contributed by atoms with E-state index in [1.807, 2.05) is 13.0 Å². The van der Waals surface area contributed by atoms with Crippen LogP contribution in [0.15, 0.2) is 12.1 Å². The quantitative estimate of drug-likeness (QED) is 0.766. The zero-order chi connectivity index (χ0) is 10.8. The van der Waals surface area contributed by atoms with Crippen molar-refractivity contribution in [1.29, 1.82) is 0 Å². The van der Waals surface area contributed by atoms with Crippen LogP contribution in [0.25, 0.3) is 0 Å². The van der Waals surface area contributed by atoms with E-state index >= 15 is 0 Å². The Morgan fingerprint density at radius 3 is 2.67 bits per heavy atom. The van der Waals surface area contributed by atoms with E-state index in [1.165, 1.54) is 0 Å². The van der Waals surface area contributed by atoms with Crippen molar-refractivity contribution in [2.45, 2.75) is 6.92 Å². The zero-order valence-corrected chi connectivity index (χ0v) is 9.51. The van der Waals surface area contributed by atoms with E-state index in [-0.39, 0.29) is 5.75 Å². The molecule has 0 amide bonds. The molecule has 1 aliphatic heterocycles. The molecule has 1 fully saturated rings. The first kappa shape index (κ1) is 10.6. The van der Waals surface area contributed by atoms with Crippen molar-refractivity contribution in [1.82, 2.24) is 5.32 Å². The first-order valence-electron chi connectivity index (χ1n) is 5.13. The highest BCUT2D eigenvalue weighted by molar-refractivity contribution is 6.32. The summed E-state index contributed by atoms with van der Waals surface area (Å²) in [4.78, 5) is 2.16. The second-order valence-corrected chi connectivity index (χ2v) is 4.26. The Balaban J connectivity index is 2.33. The van der Waals surface area contributed by atoms with Gasteiger partial charge in [-0.3, -0.25) is 0 Å². The van der Waals surface area contributed by atoms with Gasteiger partial charge in [0, 0.05) is 26.2 Å². The Morgan fingerprint density at radius 1 is 1.33 bits per heavy atom. The highest BCUT2D eigenvalue weighted by Gasteiger charge is 2.16. The maximum Gasteiger partial charge on any atom is 0.157 e. The Morgan fingerprint density at radius 2 is 2.00 bits per heavy atom. The molecule has 2 rings (SSSR count). The average molecular weight is 227 g/mol. The molecule has 15 heavy (non-hydrogen) atoms. The van der Waals surface area contributed by atoms with Gasteiger partial charge < -0.3 is 15.3 Å². The molecule has 0 unspecified atom stereocenters. The van der Waals surface area contributed by atoms with Crippen LogP contribution in [-0.2, 0) is 0 Å². The van der Waals surface area contributed by atoms with Crippen LogP contribution >= 0.6 is 11.6 Å². The minimum Gasteiger partial charge on any atom is -0.504 e. The monoisotopic (exact) mass is 226 g/mol. The van der Waals surface area contributed by atoms with Crippen molar-refractivity contribution < 1.29 is 5.11 Å². The topological polar surface area (TPSA) is 35.5 Å². The van der Waals surface area contributed by atoms with Gasteiger partial charge in [-0.25, -0.2) is 0 Å². The van der Waals surface area contributed by atoms with Crippen molar-refractivity contribution >= 4 is 17.3 Å². The summed E-state index contributed by atoms with van der Waals surface area (Å²) in [5.41, 5.74) is 1.92. The van der Waals surface area contributed by atoms with Crippen molar-refractivity contribution in [2.75, 3.05) is 31.1 Å². The number of aryl methyl sites for hydroxylation is 1. The van der Waals surface area contributed by atoms with Crippen molar-refractivity contribution in [3.63, 3.8) is 0 Å². The summed E-state index contributed by atoms with van der Waals surface area (Å²) in [6.45, 7) is 5.70. The Hall–Kier alpha value is -0.930. The van der Waals surface area contributed by atoms with Crippen LogP contribution in [0, 0.1) is 6.92 Å². The van der Waals surface area contributed by atoms with Gasteiger partial charge in [0.05, 0.1) is 10.7 Å². The predicted octanol–water partition coefficient (Wildman–Crippen LogP) is 1.76. The molecule has 0 aliphatic carbocycles. The smallest absolute Gasteiger partial charge is 0.157 e. The fourth-order valence-electron chi connectivity index (χ4n) is 1.86. The molecule has 1 heterocycles. The van der Waals surface area contributed by atoms with Crippen LogP contribution in [0.2, 0.25) is 5.02 Å². The van der Waals surface area contributed by atoms with E-state index in [2.05, 4.69) is 10.2 Å². The molecule has 0 saturated carbocycles. The van der Waals surface area contributed by atoms with Crippen LogP contribution in [0.1, 0.15) is 5.56 Å². The predicted molar refractivity (Wildman–Crippen MR) is 62.9 cm³/mol. The molecule has 4 heteroatoms. The molecule has 1 saturated heterocycles. The maximum absolute atomic E-state index is 9.88. The second kappa shape index (κ2) is 4.29. The van der Waals surface area contributed by atoms with E-state index in [9.17, 15) is 5.11 Å². The number of nitrogens with zero attached hydrogens (tertiary/aromatic N) is 1. The fraction of sp³-hybridized carbons (Fsp3) is 0.455. The van der Waals surface area contributed by atoms with Gasteiger partial charge in [-0.1, -0.05) is 11.6 Å². The van der Waals surface area contributed by atoms with Gasteiger partial charge in [-0.15, -0.1) is 0 Å². The highest BCUT2D eigenvalue weighted by Crippen LogP contribution is 2.35. The summed E-state index contributed by atoms with van der Waals surface area (Å²) in [7, 11) is 0. The minimum atomic E-state index is 0.198. The molecule has 82 valence electrons. The molecule has 2 N–H and O–H groups in total. The van der Waals surface area contributed by atoms with E-state index in [0.717, 1.165) is 37.4 Å². The first-order valence-corrected chi connectivity index (χ1v) is 5.51. The lowest BCUT2D eigenvalue weighted by molar-refractivity contribution is 0.470. The first-order chi connectivity index (χ1) is 7.18. The van der Waals surface area contributed by atoms with Gasteiger partial charge in [0.2, 0.25) is 0 Å². The van der Waals surface area contributed by atoms with E-state index in [4.69, 9.17) is 11.6 Å². The molecule has 0 atom stereocenters. The molecule has 3 nitrogen and oxygen atoms in total. The van der Waals surface area contributed by atoms with Crippen molar-refractivity contribution in [2.24, 2.45) is 0 Å². The van der Waals surface area contributed by atoms with Gasteiger partial charge in [-0.2, -0.15) is 0 Å². The SMILES string of the molecule is Cc1cc(Cl)c(O)c(N2CCNCC2)c1. The third kappa shape index (κ3) is 2.19. The Bertz CT molecular complexity index is 362. The van der Waals surface area contributed by atoms with Crippen LogP contribution < -0.4 is 10.2 Å². The number of rotatable bonds is 1. The number of nitrogens with one attached hydrogen (secondary N) is 1. The van der Waals surface area contributed by atoms with Gasteiger partial charge in [0.1, 0.15) is 0 Å². The lowest BCUT2D eigenvalue weighted by Gasteiger charge is -2.30. The summed E-state index contributed by atoms with van der Waals surface area (Å²) >= 11 is 5.95. The summed E-state index contributed by atoms with van der Waals surface area (Å²) in [6, 6.07) is 3.76. The van der Waals surface area contributed by atoms with Gasteiger partial charge in [0.15, 0.2) is 5.75 Å². The van der Waals surface area contributed by atoms with E-state index < -0.39 is 0 Å². The van der Waals surface area contributed by atoms with Gasteiger partial charge in [-0.05, 0) is 24.6 Å².